The van der Waals surface area contributed by atoms with Gasteiger partial charge in [-0.25, -0.2) is 4.98 Å². The molecule has 1 fully saturated rings. The molecule has 0 unspecified atom stereocenters. The number of anilines is 1. The maximum atomic E-state index is 4.85. The van der Waals surface area contributed by atoms with Gasteiger partial charge in [-0.3, -0.25) is 0 Å². The molecule has 0 radical (unpaired) electrons. The van der Waals surface area contributed by atoms with Gasteiger partial charge in [0, 0.05) is 17.5 Å². The number of hydrogen-bond acceptors (Lipinski definition) is 4. The number of thiophene rings is 1. The summed E-state index contributed by atoms with van der Waals surface area (Å²) in [6.07, 6.45) is 3.75. The van der Waals surface area contributed by atoms with Gasteiger partial charge >= 0.3 is 0 Å². The highest BCUT2D eigenvalue weighted by Gasteiger charge is 2.30. The van der Waals surface area contributed by atoms with Crippen LogP contribution in [-0.2, 0) is 13.1 Å². The molecular formula is C17H23N3S. The summed E-state index contributed by atoms with van der Waals surface area (Å²) in [5, 5.41) is 5.58. The minimum Gasteiger partial charge on any atom is -0.348 e. The fourth-order valence-corrected chi connectivity index (χ4v) is 3.18. The van der Waals surface area contributed by atoms with Crippen molar-refractivity contribution in [3.8, 4) is 0 Å². The van der Waals surface area contributed by atoms with Crippen molar-refractivity contribution in [1.29, 1.82) is 0 Å². The second kappa shape index (κ2) is 7.05. The lowest BCUT2D eigenvalue weighted by Gasteiger charge is -2.23. The van der Waals surface area contributed by atoms with E-state index < -0.39 is 0 Å². The monoisotopic (exact) mass is 301 g/mol. The number of pyridine rings is 1. The molecule has 0 bridgehead atoms. The van der Waals surface area contributed by atoms with E-state index in [9.17, 15) is 0 Å². The third-order valence-electron chi connectivity index (χ3n) is 3.71. The number of nitrogens with one attached hydrogen (secondary N) is 1. The van der Waals surface area contributed by atoms with E-state index in [-0.39, 0.29) is 0 Å². The largest absolute Gasteiger partial charge is 0.348 e. The summed E-state index contributed by atoms with van der Waals surface area (Å²) in [7, 11) is 0. The topological polar surface area (TPSA) is 28.2 Å². The van der Waals surface area contributed by atoms with Crippen molar-refractivity contribution in [1.82, 2.24) is 10.3 Å². The molecule has 0 aromatic carbocycles. The molecule has 3 nitrogen and oxygen atoms in total. The van der Waals surface area contributed by atoms with Crippen LogP contribution in [0, 0.1) is 0 Å². The van der Waals surface area contributed by atoms with E-state index in [4.69, 9.17) is 4.98 Å². The van der Waals surface area contributed by atoms with Gasteiger partial charge in [-0.15, -0.1) is 11.3 Å². The smallest absolute Gasteiger partial charge is 0.129 e. The predicted molar refractivity (Wildman–Crippen MR) is 89.8 cm³/mol. The molecule has 1 N–H and O–H groups in total. The van der Waals surface area contributed by atoms with Crippen LogP contribution in [0.5, 0.6) is 0 Å². The standard InChI is InChI=1S/C17H23N3S/c1-2-10-18-12-14-5-3-7-17(19-14)20(15-8-9-15)13-16-6-4-11-21-16/h3-7,11,15,18H,2,8-10,12-13H2,1H3. The third-order valence-corrected chi connectivity index (χ3v) is 4.57. The van der Waals surface area contributed by atoms with Crippen molar-refractivity contribution in [2.45, 2.75) is 45.3 Å². The summed E-state index contributed by atoms with van der Waals surface area (Å²) in [5.41, 5.74) is 1.14. The van der Waals surface area contributed by atoms with Crippen LogP contribution in [0.4, 0.5) is 5.82 Å². The first-order chi connectivity index (χ1) is 10.4. The summed E-state index contributed by atoms with van der Waals surface area (Å²) in [4.78, 5) is 8.74. The Morgan fingerprint density at radius 2 is 2.19 bits per heavy atom. The van der Waals surface area contributed by atoms with Crippen LogP contribution in [-0.4, -0.2) is 17.6 Å². The van der Waals surface area contributed by atoms with Gasteiger partial charge in [-0.05, 0) is 49.4 Å². The molecule has 3 rings (SSSR count). The number of aromatic nitrogens is 1. The molecular weight excluding hydrogens is 278 g/mol. The minimum absolute atomic E-state index is 0.679. The van der Waals surface area contributed by atoms with E-state index in [2.05, 4.69) is 52.9 Å². The normalized spacial score (nSPS) is 14.3. The molecule has 1 aliphatic carbocycles. The van der Waals surface area contributed by atoms with E-state index in [0.717, 1.165) is 37.6 Å². The van der Waals surface area contributed by atoms with Gasteiger partial charge < -0.3 is 10.2 Å². The van der Waals surface area contributed by atoms with Gasteiger partial charge in [0.2, 0.25) is 0 Å². The zero-order chi connectivity index (χ0) is 14.5. The third kappa shape index (κ3) is 4.05. The lowest BCUT2D eigenvalue weighted by molar-refractivity contribution is 0.662. The molecule has 2 aromatic heterocycles. The van der Waals surface area contributed by atoms with Crippen LogP contribution in [0.15, 0.2) is 35.7 Å². The predicted octanol–water partition coefficient (Wildman–Crippen LogP) is 3.81. The summed E-state index contributed by atoms with van der Waals surface area (Å²) in [6, 6.07) is 11.4. The van der Waals surface area contributed by atoms with Crippen LogP contribution in [0.2, 0.25) is 0 Å². The summed E-state index contributed by atoms with van der Waals surface area (Å²) in [6.45, 7) is 5.08. The number of rotatable bonds is 8. The maximum Gasteiger partial charge on any atom is 0.129 e. The second-order valence-electron chi connectivity index (χ2n) is 5.60. The quantitative estimate of drug-likeness (QED) is 0.751. The fourth-order valence-electron chi connectivity index (χ4n) is 2.47. The van der Waals surface area contributed by atoms with Crippen LogP contribution in [0.1, 0.15) is 36.8 Å². The van der Waals surface area contributed by atoms with E-state index in [1.165, 1.54) is 17.7 Å². The van der Waals surface area contributed by atoms with Crippen LogP contribution < -0.4 is 10.2 Å². The average molecular weight is 301 g/mol. The molecule has 1 saturated carbocycles. The van der Waals surface area contributed by atoms with Gasteiger partial charge in [0.05, 0.1) is 12.2 Å². The van der Waals surface area contributed by atoms with Crippen molar-refractivity contribution in [2.24, 2.45) is 0 Å². The zero-order valence-corrected chi connectivity index (χ0v) is 13.4. The summed E-state index contributed by atoms with van der Waals surface area (Å²) < 4.78 is 0. The van der Waals surface area contributed by atoms with Gasteiger partial charge in [0.1, 0.15) is 5.82 Å². The number of nitrogens with zero attached hydrogens (tertiary/aromatic N) is 2. The Bertz CT molecular complexity index is 549. The Morgan fingerprint density at radius 3 is 2.90 bits per heavy atom. The van der Waals surface area contributed by atoms with Crippen molar-refractivity contribution < 1.29 is 0 Å². The van der Waals surface area contributed by atoms with Crippen molar-refractivity contribution >= 4 is 17.2 Å². The average Bonchev–Trinajstić information content (AvgIpc) is 3.22. The van der Waals surface area contributed by atoms with Gasteiger partial charge in [-0.2, -0.15) is 0 Å². The lowest BCUT2D eigenvalue weighted by Crippen LogP contribution is -2.26. The SMILES string of the molecule is CCCNCc1cccc(N(Cc2cccs2)C2CC2)n1. The van der Waals surface area contributed by atoms with Crippen LogP contribution in [0.3, 0.4) is 0 Å². The Kier molecular flexibility index (Phi) is 4.88. The molecule has 1 aliphatic rings. The van der Waals surface area contributed by atoms with Crippen LogP contribution >= 0.6 is 11.3 Å². The summed E-state index contributed by atoms with van der Waals surface area (Å²) >= 11 is 1.83. The van der Waals surface area contributed by atoms with E-state index >= 15 is 0 Å². The van der Waals surface area contributed by atoms with Crippen molar-refractivity contribution in [3.63, 3.8) is 0 Å². The highest BCUT2D eigenvalue weighted by molar-refractivity contribution is 7.09. The van der Waals surface area contributed by atoms with Crippen LogP contribution in [0.25, 0.3) is 0 Å². The van der Waals surface area contributed by atoms with Gasteiger partial charge in [0.25, 0.3) is 0 Å². The van der Waals surface area contributed by atoms with Crippen molar-refractivity contribution in [2.75, 3.05) is 11.4 Å². The molecule has 2 heterocycles. The molecule has 2 aromatic rings. The van der Waals surface area contributed by atoms with Crippen molar-refractivity contribution in [3.05, 3.63) is 46.3 Å². The molecule has 0 spiro atoms. The molecule has 0 aliphatic heterocycles. The maximum absolute atomic E-state index is 4.85. The molecule has 21 heavy (non-hydrogen) atoms. The molecule has 0 atom stereocenters. The summed E-state index contributed by atoms with van der Waals surface area (Å²) in [5.74, 6) is 1.13. The molecule has 0 saturated heterocycles. The Hall–Kier alpha value is -1.39. The molecule has 4 heteroatoms. The van der Waals surface area contributed by atoms with E-state index in [1.54, 1.807) is 0 Å². The minimum atomic E-state index is 0.679. The first-order valence-electron chi connectivity index (χ1n) is 7.82. The first kappa shape index (κ1) is 14.5. The number of hydrogen-bond donors (Lipinski definition) is 1. The molecule has 0 amide bonds. The van der Waals surface area contributed by atoms with Gasteiger partial charge in [0.15, 0.2) is 0 Å². The Morgan fingerprint density at radius 1 is 1.29 bits per heavy atom. The Labute approximate surface area is 131 Å². The Balaban J connectivity index is 1.71. The first-order valence-corrected chi connectivity index (χ1v) is 8.70. The molecule has 112 valence electrons. The second-order valence-corrected chi connectivity index (χ2v) is 6.63. The lowest BCUT2D eigenvalue weighted by atomic mass is 10.3. The zero-order valence-electron chi connectivity index (χ0n) is 12.6. The van der Waals surface area contributed by atoms with E-state index in [0.29, 0.717) is 6.04 Å². The highest BCUT2D eigenvalue weighted by atomic mass is 32.1. The van der Waals surface area contributed by atoms with Gasteiger partial charge in [-0.1, -0.05) is 19.1 Å². The highest BCUT2D eigenvalue weighted by Crippen LogP contribution is 2.32. The fraction of sp³-hybridized carbons (Fsp3) is 0.471. The van der Waals surface area contributed by atoms with E-state index in [1.807, 2.05) is 11.3 Å².